The Labute approximate surface area is 313 Å². The fraction of sp³-hybridized carbons (Fsp3) is 0.125. The molecule has 0 amide bonds. The van der Waals surface area contributed by atoms with Crippen LogP contribution in [0.2, 0.25) is 0 Å². The Hall–Kier alpha value is -6.66. The van der Waals surface area contributed by atoms with Crippen molar-refractivity contribution >= 4 is 44.4 Å². The highest BCUT2D eigenvalue weighted by Gasteiger charge is 2.32. The zero-order chi connectivity index (χ0) is 35.9. The second-order valence-corrected chi connectivity index (χ2v) is 14.8. The Kier molecular flexibility index (Phi) is 6.83. The number of pyridine rings is 4. The number of rotatable bonds is 4. The maximum Gasteiger partial charge on any atom is 0.0645 e. The van der Waals surface area contributed by atoms with Gasteiger partial charge < -0.3 is 9.13 Å². The molecule has 9 aromatic rings. The van der Waals surface area contributed by atoms with Gasteiger partial charge in [0.1, 0.15) is 0 Å². The van der Waals surface area contributed by atoms with Gasteiger partial charge in [0.25, 0.3) is 0 Å². The van der Waals surface area contributed by atoms with Gasteiger partial charge in [-0.1, -0.05) is 19.9 Å². The van der Waals surface area contributed by atoms with Crippen LogP contribution in [0.25, 0.3) is 78.0 Å². The molecule has 0 fully saturated rings. The van der Waals surface area contributed by atoms with E-state index in [1.165, 1.54) is 82.9 Å². The lowest BCUT2D eigenvalue weighted by Gasteiger charge is -2.32. The van der Waals surface area contributed by atoms with Gasteiger partial charge in [-0.05, 0) is 160 Å². The molecule has 0 saturated heterocycles. The van der Waals surface area contributed by atoms with Gasteiger partial charge in [0.15, 0.2) is 0 Å². The largest absolute Gasteiger partial charge is 0.311 e. The summed E-state index contributed by atoms with van der Waals surface area (Å²) in [6.45, 7) is 4.81. The van der Waals surface area contributed by atoms with Crippen LogP contribution in [-0.4, -0.2) is 29.1 Å². The lowest BCUT2D eigenvalue weighted by molar-refractivity contribution is 0.617. The summed E-state index contributed by atoms with van der Waals surface area (Å²) >= 11 is 0. The molecule has 2 atom stereocenters. The van der Waals surface area contributed by atoms with Crippen LogP contribution in [0.4, 0.5) is 0 Å². The van der Waals surface area contributed by atoms with E-state index in [0.29, 0.717) is 11.8 Å². The average molecular weight is 697 g/mol. The number of hydrogen-bond acceptors (Lipinski definition) is 4. The average Bonchev–Trinajstić information content (AvgIpc) is 3.74. The van der Waals surface area contributed by atoms with Crippen LogP contribution in [0.3, 0.4) is 0 Å². The molecule has 3 aromatic carbocycles. The molecule has 0 aliphatic heterocycles. The highest BCUT2D eigenvalue weighted by atomic mass is 15.0. The highest BCUT2D eigenvalue weighted by Crippen LogP contribution is 2.51. The van der Waals surface area contributed by atoms with Gasteiger partial charge in [0.05, 0.1) is 40.3 Å². The van der Waals surface area contributed by atoms with Crippen molar-refractivity contribution in [2.45, 2.75) is 38.5 Å². The molecule has 0 spiro atoms. The number of nitrogens with zero attached hydrogens (tertiary/aromatic N) is 6. The topological polar surface area (TPSA) is 61.4 Å². The fourth-order valence-corrected chi connectivity index (χ4v) is 9.24. The molecule has 6 aromatic heterocycles. The number of fused-ring (bicyclic) bond motifs is 9. The summed E-state index contributed by atoms with van der Waals surface area (Å²) in [7, 11) is 0. The first-order chi connectivity index (χ1) is 26.6. The van der Waals surface area contributed by atoms with E-state index < -0.39 is 0 Å². The summed E-state index contributed by atoms with van der Waals surface area (Å²) in [5, 5.41) is 3.80. The van der Waals surface area contributed by atoms with Crippen molar-refractivity contribution in [2.75, 3.05) is 0 Å². The quantitative estimate of drug-likeness (QED) is 0.184. The summed E-state index contributed by atoms with van der Waals surface area (Å²) in [4.78, 5) is 17.7. The van der Waals surface area contributed by atoms with Crippen LogP contribution in [-0.2, 0) is 6.42 Å². The van der Waals surface area contributed by atoms with Crippen molar-refractivity contribution in [3.05, 3.63) is 169 Å². The predicted molar refractivity (Wildman–Crippen MR) is 219 cm³/mol. The van der Waals surface area contributed by atoms with Gasteiger partial charge in [-0.3, -0.25) is 19.9 Å². The maximum atomic E-state index is 4.57. The predicted octanol–water partition coefficient (Wildman–Crippen LogP) is 11.3. The minimum atomic E-state index is 0.327. The summed E-state index contributed by atoms with van der Waals surface area (Å²) in [5.74, 6) is 0.659. The second-order valence-electron chi connectivity index (χ2n) is 14.8. The summed E-state index contributed by atoms with van der Waals surface area (Å²) < 4.78 is 4.85. The molecule has 0 radical (unpaired) electrons. The van der Waals surface area contributed by atoms with Crippen LogP contribution >= 0.6 is 0 Å². The second kappa shape index (κ2) is 11.9. The van der Waals surface area contributed by atoms with Crippen LogP contribution in [0.1, 0.15) is 60.1 Å². The van der Waals surface area contributed by atoms with Crippen molar-refractivity contribution < 1.29 is 0 Å². The van der Waals surface area contributed by atoms with Crippen LogP contribution in [0.15, 0.2) is 141 Å². The van der Waals surface area contributed by atoms with Crippen molar-refractivity contribution in [2.24, 2.45) is 0 Å². The van der Waals surface area contributed by atoms with Crippen LogP contribution < -0.4 is 0 Å². The third-order valence-electron chi connectivity index (χ3n) is 12.1. The molecule has 2 unspecified atom stereocenters. The molecule has 54 heavy (non-hydrogen) atoms. The van der Waals surface area contributed by atoms with E-state index in [-0.39, 0.29) is 0 Å². The van der Waals surface area contributed by atoms with Gasteiger partial charge in [-0.15, -0.1) is 0 Å². The van der Waals surface area contributed by atoms with E-state index in [9.17, 15) is 0 Å². The van der Waals surface area contributed by atoms with E-state index >= 15 is 0 Å². The van der Waals surface area contributed by atoms with E-state index in [0.717, 1.165) is 29.8 Å². The van der Waals surface area contributed by atoms with Crippen molar-refractivity contribution in [1.29, 1.82) is 0 Å². The van der Waals surface area contributed by atoms with Crippen molar-refractivity contribution in [3.63, 3.8) is 0 Å². The smallest absolute Gasteiger partial charge is 0.0645 e. The molecular weight excluding hydrogens is 661 g/mol. The number of aromatic nitrogens is 6. The lowest BCUT2D eigenvalue weighted by Crippen LogP contribution is -2.13. The van der Waals surface area contributed by atoms with Crippen molar-refractivity contribution in [3.8, 4) is 33.6 Å². The molecule has 0 saturated carbocycles. The van der Waals surface area contributed by atoms with E-state index in [4.69, 9.17) is 0 Å². The Morgan fingerprint density at radius 2 is 1.09 bits per heavy atom. The zero-order valence-corrected chi connectivity index (χ0v) is 30.1. The molecule has 2 aliphatic carbocycles. The third-order valence-corrected chi connectivity index (χ3v) is 12.1. The number of hydrogen-bond donors (Lipinski definition) is 0. The summed E-state index contributed by atoms with van der Waals surface area (Å²) in [6.07, 6.45) is 19.5. The monoisotopic (exact) mass is 696 g/mol. The SMILES string of the molecule is CC1c2cc3c4c(n(-c5cccnc5)c3cc2-c2cc3c(cc2C1C)c1cc(-c2ccncc2)ccc1n3-c1cccnc1)CCC(c1ccncc1)=C4. The van der Waals surface area contributed by atoms with Gasteiger partial charge in [-0.2, -0.15) is 0 Å². The molecular formula is C48H36N6. The lowest BCUT2D eigenvalue weighted by atomic mass is 9.72. The Bertz CT molecular complexity index is 2940. The molecule has 258 valence electrons. The minimum absolute atomic E-state index is 0.327. The molecule has 0 N–H and O–H groups in total. The first-order valence-electron chi connectivity index (χ1n) is 18.8. The normalized spacial score (nSPS) is 16.3. The Morgan fingerprint density at radius 3 is 1.74 bits per heavy atom. The molecule has 6 heterocycles. The zero-order valence-electron chi connectivity index (χ0n) is 30.1. The van der Waals surface area contributed by atoms with Gasteiger partial charge in [0.2, 0.25) is 0 Å². The van der Waals surface area contributed by atoms with Crippen LogP contribution in [0.5, 0.6) is 0 Å². The van der Waals surface area contributed by atoms with Gasteiger partial charge in [-0.25, -0.2) is 0 Å². The maximum absolute atomic E-state index is 4.57. The first-order valence-corrected chi connectivity index (χ1v) is 18.8. The summed E-state index contributed by atoms with van der Waals surface area (Å²) in [5.41, 5.74) is 18.7. The third kappa shape index (κ3) is 4.59. The minimum Gasteiger partial charge on any atom is -0.311 e. The molecule has 2 aliphatic rings. The van der Waals surface area contributed by atoms with Gasteiger partial charge in [0, 0.05) is 64.6 Å². The van der Waals surface area contributed by atoms with Crippen molar-refractivity contribution in [1.82, 2.24) is 29.1 Å². The molecule has 11 rings (SSSR count). The highest BCUT2D eigenvalue weighted by molar-refractivity contribution is 6.12. The number of benzene rings is 3. The Morgan fingerprint density at radius 1 is 0.500 bits per heavy atom. The fourth-order valence-electron chi connectivity index (χ4n) is 9.24. The van der Waals surface area contributed by atoms with E-state index in [1.807, 2.05) is 61.7 Å². The standard InChI is InChI=1S/C48H36N6/c1-29-30(2)38-24-44-42-22-34(32-13-19-50-20-14-32)8-10-46(42)54(36-6-4-16-52-28-36)48(44)26-40(38)39-25-47-43(23-37(29)39)41-21-33(31-11-17-49-18-12-31)7-9-45(41)53(47)35-5-3-15-51-27-35/h3-7,9,11-30H,8,10H2,1-2H3. The Balaban J connectivity index is 1.19. The van der Waals surface area contributed by atoms with Gasteiger partial charge >= 0.3 is 0 Å². The molecule has 0 bridgehead atoms. The number of allylic oxidation sites excluding steroid dienone is 1. The van der Waals surface area contributed by atoms with E-state index in [1.54, 1.807) is 0 Å². The summed E-state index contributed by atoms with van der Waals surface area (Å²) in [6, 6.07) is 33.6. The molecule has 6 heteroatoms. The first kappa shape index (κ1) is 30.9. The molecule has 6 nitrogen and oxygen atoms in total. The van der Waals surface area contributed by atoms with Crippen LogP contribution in [0, 0.1) is 0 Å². The van der Waals surface area contributed by atoms with E-state index in [2.05, 4.69) is 128 Å².